The second kappa shape index (κ2) is 8.17. The number of benzene rings is 1. The molecule has 2 aromatic heterocycles. The lowest BCUT2D eigenvalue weighted by Gasteiger charge is -2.19. The fraction of sp³-hybridized carbons (Fsp3) is 0.333. The highest BCUT2D eigenvalue weighted by Gasteiger charge is 2.29. The van der Waals surface area contributed by atoms with Gasteiger partial charge in [-0.2, -0.15) is 0 Å². The van der Waals surface area contributed by atoms with E-state index < -0.39 is 0 Å². The second-order valence-electron chi connectivity index (χ2n) is 6.71. The number of pyridine rings is 1. The van der Waals surface area contributed by atoms with Crippen LogP contribution in [0.2, 0.25) is 0 Å². The monoisotopic (exact) mass is 381 g/mol. The first kappa shape index (κ1) is 18.1. The van der Waals surface area contributed by atoms with Crippen molar-refractivity contribution in [1.82, 2.24) is 15.3 Å². The van der Waals surface area contributed by atoms with Crippen molar-refractivity contribution in [2.75, 3.05) is 13.7 Å². The summed E-state index contributed by atoms with van der Waals surface area (Å²) in [6, 6.07) is 12.7. The zero-order valence-corrected chi connectivity index (χ0v) is 16.3. The number of aryl methyl sites for hydroxylation is 1. The number of ether oxygens (including phenoxy) is 2. The van der Waals surface area contributed by atoms with Gasteiger partial charge in [-0.3, -0.25) is 0 Å². The minimum absolute atomic E-state index is 0.0126. The molecule has 3 aromatic rings. The number of hydrogen-bond donors (Lipinski definition) is 1. The van der Waals surface area contributed by atoms with Crippen LogP contribution in [0, 0.1) is 6.92 Å². The van der Waals surface area contributed by atoms with Gasteiger partial charge in [-0.15, -0.1) is 11.3 Å². The van der Waals surface area contributed by atoms with Crippen LogP contribution in [-0.4, -0.2) is 29.7 Å². The summed E-state index contributed by atoms with van der Waals surface area (Å²) in [7, 11) is 1.62. The normalized spacial score (nSPS) is 19.3. The van der Waals surface area contributed by atoms with E-state index in [1.165, 1.54) is 11.1 Å². The Balaban J connectivity index is 1.39. The standard InChI is InChI=1S/C21H23N3O2S/c1-14-3-5-15(6-4-14)21-24-17(13-27-21)12-22-18-9-10-26-20(18)16-7-8-19(25-2)23-11-16/h3-8,11,13,18,20,22H,9-10,12H2,1-2H3/t18-,20+/m0/s1. The molecule has 1 N–H and O–H groups in total. The zero-order valence-electron chi connectivity index (χ0n) is 15.5. The van der Waals surface area contributed by atoms with Gasteiger partial charge in [-0.1, -0.05) is 29.8 Å². The maximum absolute atomic E-state index is 5.94. The summed E-state index contributed by atoms with van der Waals surface area (Å²) in [6.07, 6.45) is 2.83. The highest BCUT2D eigenvalue weighted by atomic mass is 32.1. The summed E-state index contributed by atoms with van der Waals surface area (Å²) in [6.45, 7) is 3.58. The van der Waals surface area contributed by atoms with Gasteiger partial charge in [-0.05, 0) is 19.4 Å². The van der Waals surface area contributed by atoms with Crippen molar-refractivity contribution in [3.8, 4) is 16.5 Å². The smallest absolute Gasteiger partial charge is 0.212 e. The lowest BCUT2D eigenvalue weighted by Crippen LogP contribution is -2.31. The molecule has 0 radical (unpaired) electrons. The van der Waals surface area contributed by atoms with E-state index in [1.54, 1.807) is 18.4 Å². The molecule has 1 saturated heterocycles. The lowest BCUT2D eigenvalue weighted by atomic mass is 10.0. The van der Waals surface area contributed by atoms with E-state index in [9.17, 15) is 0 Å². The maximum Gasteiger partial charge on any atom is 0.212 e. The van der Waals surface area contributed by atoms with E-state index in [0.717, 1.165) is 35.8 Å². The van der Waals surface area contributed by atoms with Crippen molar-refractivity contribution < 1.29 is 9.47 Å². The molecule has 0 amide bonds. The first-order valence-corrected chi connectivity index (χ1v) is 9.97. The molecule has 1 aliphatic heterocycles. The lowest BCUT2D eigenvalue weighted by molar-refractivity contribution is 0.0981. The molecule has 0 bridgehead atoms. The molecular weight excluding hydrogens is 358 g/mol. The Morgan fingerprint density at radius 3 is 2.81 bits per heavy atom. The second-order valence-corrected chi connectivity index (χ2v) is 7.57. The molecule has 6 heteroatoms. The van der Waals surface area contributed by atoms with Gasteiger partial charge < -0.3 is 14.8 Å². The summed E-state index contributed by atoms with van der Waals surface area (Å²) in [5.41, 5.74) is 4.57. The summed E-state index contributed by atoms with van der Waals surface area (Å²) in [5, 5.41) is 6.80. The maximum atomic E-state index is 5.94. The molecule has 1 aliphatic rings. The Labute approximate surface area is 163 Å². The SMILES string of the molecule is COc1ccc([C@H]2OCC[C@@H]2NCc2csc(-c3ccc(C)cc3)n2)cn1. The van der Waals surface area contributed by atoms with Crippen molar-refractivity contribution in [2.45, 2.75) is 32.0 Å². The minimum Gasteiger partial charge on any atom is -0.481 e. The molecule has 4 rings (SSSR count). The Morgan fingerprint density at radius 1 is 1.22 bits per heavy atom. The Hall–Kier alpha value is -2.28. The quantitative estimate of drug-likeness (QED) is 0.695. The van der Waals surface area contributed by atoms with E-state index in [2.05, 4.69) is 46.9 Å². The summed E-state index contributed by atoms with van der Waals surface area (Å²) in [5.74, 6) is 0.618. The molecule has 1 aromatic carbocycles. The molecule has 0 aliphatic carbocycles. The van der Waals surface area contributed by atoms with Crippen LogP contribution in [0.25, 0.3) is 10.6 Å². The zero-order chi connectivity index (χ0) is 18.6. The van der Waals surface area contributed by atoms with Crippen molar-refractivity contribution in [3.63, 3.8) is 0 Å². The van der Waals surface area contributed by atoms with Crippen LogP contribution >= 0.6 is 11.3 Å². The van der Waals surface area contributed by atoms with E-state index in [-0.39, 0.29) is 12.1 Å². The van der Waals surface area contributed by atoms with Crippen molar-refractivity contribution in [1.29, 1.82) is 0 Å². The van der Waals surface area contributed by atoms with Crippen LogP contribution < -0.4 is 10.1 Å². The molecule has 3 heterocycles. The van der Waals surface area contributed by atoms with Crippen LogP contribution in [0.3, 0.4) is 0 Å². The van der Waals surface area contributed by atoms with Gasteiger partial charge in [0, 0.05) is 48.0 Å². The van der Waals surface area contributed by atoms with Gasteiger partial charge in [0.1, 0.15) is 5.01 Å². The number of thiazole rings is 1. The van der Waals surface area contributed by atoms with Crippen molar-refractivity contribution >= 4 is 11.3 Å². The summed E-state index contributed by atoms with van der Waals surface area (Å²) < 4.78 is 11.1. The van der Waals surface area contributed by atoms with Gasteiger partial charge in [0.05, 0.1) is 18.9 Å². The number of rotatable bonds is 6. The van der Waals surface area contributed by atoms with Gasteiger partial charge in [0.25, 0.3) is 0 Å². The molecule has 1 fully saturated rings. The number of hydrogen-bond acceptors (Lipinski definition) is 6. The summed E-state index contributed by atoms with van der Waals surface area (Å²) >= 11 is 1.69. The average molecular weight is 382 g/mol. The fourth-order valence-corrected chi connectivity index (χ4v) is 4.09. The third-order valence-corrected chi connectivity index (χ3v) is 5.72. The van der Waals surface area contributed by atoms with Crippen LogP contribution in [0.15, 0.2) is 48.0 Å². The van der Waals surface area contributed by atoms with Crippen LogP contribution in [-0.2, 0) is 11.3 Å². The Kier molecular flexibility index (Phi) is 5.48. The van der Waals surface area contributed by atoms with E-state index in [4.69, 9.17) is 14.5 Å². The molecule has 0 saturated carbocycles. The third-order valence-electron chi connectivity index (χ3n) is 4.78. The third kappa shape index (κ3) is 4.18. The molecule has 0 spiro atoms. The number of aromatic nitrogens is 2. The molecule has 140 valence electrons. The van der Waals surface area contributed by atoms with Gasteiger partial charge in [-0.25, -0.2) is 9.97 Å². The first-order valence-electron chi connectivity index (χ1n) is 9.09. The van der Waals surface area contributed by atoms with Crippen LogP contribution in [0.1, 0.15) is 29.3 Å². The highest BCUT2D eigenvalue weighted by Crippen LogP contribution is 2.30. The predicted molar refractivity (Wildman–Crippen MR) is 107 cm³/mol. The topological polar surface area (TPSA) is 56.3 Å². The van der Waals surface area contributed by atoms with Crippen molar-refractivity contribution in [2.24, 2.45) is 0 Å². The first-order chi connectivity index (χ1) is 13.2. The van der Waals surface area contributed by atoms with Crippen LogP contribution in [0.4, 0.5) is 0 Å². The molecule has 2 atom stereocenters. The number of nitrogens with zero attached hydrogens (tertiary/aromatic N) is 2. The van der Waals surface area contributed by atoms with E-state index >= 15 is 0 Å². The largest absolute Gasteiger partial charge is 0.481 e. The number of methoxy groups -OCH3 is 1. The summed E-state index contributed by atoms with van der Waals surface area (Å²) in [4.78, 5) is 9.07. The predicted octanol–water partition coefficient (Wildman–Crippen LogP) is 4.14. The van der Waals surface area contributed by atoms with Gasteiger partial charge in [0.15, 0.2) is 0 Å². The van der Waals surface area contributed by atoms with E-state index in [0.29, 0.717) is 5.88 Å². The minimum atomic E-state index is 0.0126. The Bertz CT molecular complexity index is 877. The molecule has 0 unspecified atom stereocenters. The van der Waals surface area contributed by atoms with Gasteiger partial charge in [0.2, 0.25) is 5.88 Å². The molecular formula is C21H23N3O2S. The molecule has 27 heavy (non-hydrogen) atoms. The highest BCUT2D eigenvalue weighted by molar-refractivity contribution is 7.13. The number of nitrogens with one attached hydrogen (secondary N) is 1. The van der Waals surface area contributed by atoms with Gasteiger partial charge >= 0.3 is 0 Å². The Morgan fingerprint density at radius 2 is 2.07 bits per heavy atom. The fourth-order valence-electron chi connectivity index (χ4n) is 3.26. The van der Waals surface area contributed by atoms with Crippen LogP contribution in [0.5, 0.6) is 5.88 Å². The van der Waals surface area contributed by atoms with Crippen molar-refractivity contribution in [3.05, 3.63) is 64.8 Å². The van der Waals surface area contributed by atoms with E-state index in [1.807, 2.05) is 18.3 Å². The molecule has 5 nitrogen and oxygen atoms in total. The average Bonchev–Trinajstić information content (AvgIpc) is 3.36.